The van der Waals surface area contributed by atoms with Crippen LogP contribution in [0.4, 0.5) is 5.00 Å². The largest absolute Gasteiger partial charge is 0.484 e. The van der Waals surface area contributed by atoms with E-state index in [-0.39, 0.29) is 19.1 Å². The number of carbonyl (C=O) groups excluding carboxylic acids is 2. The van der Waals surface area contributed by atoms with Crippen LogP contribution in [-0.4, -0.2) is 25.1 Å². The van der Waals surface area contributed by atoms with Crippen LogP contribution in [0.1, 0.15) is 17.3 Å². The maximum atomic E-state index is 12.6. The first-order valence-corrected chi connectivity index (χ1v) is 11.5. The Balaban J connectivity index is 1.44. The molecule has 1 aromatic heterocycles. The number of rotatable bonds is 8. The fourth-order valence-electron chi connectivity index (χ4n) is 3.37. The van der Waals surface area contributed by atoms with E-state index in [9.17, 15) is 9.59 Å². The van der Waals surface area contributed by atoms with Crippen LogP contribution in [0.2, 0.25) is 0 Å². The van der Waals surface area contributed by atoms with Crippen LogP contribution in [0.25, 0.3) is 22.3 Å². The Bertz CT molecular complexity index is 1220. The number of ether oxygens (including phenoxy) is 2. The molecule has 166 valence electrons. The van der Waals surface area contributed by atoms with Gasteiger partial charge in [0.1, 0.15) is 16.3 Å². The number of hydrogen-bond acceptors (Lipinski definition) is 5. The molecule has 0 fully saturated rings. The molecule has 0 spiro atoms. The number of carbonyl (C=O) groups is 2. The van der Waals surface area contributed by atoms with E-state index in [1.807, 2.05) is 90.3 Å². The molecule has 5 nitrogen and oxygen atoms in total. The molecule has 0 saturated carbocycles. The predicted molar refractivity (Wildman–Crippen MR) is 132 cm³/mol. The van der Waals surface area contributed by atoms with Crippen molar-refractivity contribution >= 4 is 28.2 Å². The summed E-state index contributed by atoms with van der Waals surface area (Å²) in [6.45, 7) is 1.82. The number of nitrogens with one attached hydrogen (secondary N) is 1. The smallest absolute Gasteiger partial charge is 0.341 e. The molecule has 4 rings (SSSR count). The molecule has 0 radical (unpaired) electrons. The highest BCUT2D eigenvalue weighted by Crippen LogP contribution is 2.36. The monoisotopic (exact) mass is 457 g/mol. The van der Waals surface area contributed by atoms with Gasteiger partial charge < -0.3 is 14.8 Å². The summed E-state index contributed by atoms with van der Waals surface area (Å²) >= 11 is 1.29. The molecule has 0 aliphatic heterocycles. The number of esters is 1. The second-order valence-electron chi connectivity index (χ2n) is 7.17. The lowest BCUT2D eigenvalue weighted by atomic mass is 10.0. The summed E-state index contributed by atoms with van der Waals surface area (Å²) in [5.41, 5.74) is 4.14. The first kappa shape index (κ1) is 22.3. The van der Waals surface area contributed by atoms with Crippen LogP contribution in [0.5, 0.6) is 5.75 Å². The summed E-state index contributed by atoms with van der Waals surface area (Å²) in [5.74, 6) is -0.230. The molecule has 1 heterocycles. The van der Waals surface area contributed by atoms with Gasteiger partial charge >= 0.3 is 5.97 Å². The van der Waals surface area contributed by atoms with Gasteiger partial charge in [-0.25, -0.2) is 4.79 Å². The summed E-state index contributed by atoms with van der Waals surface area (Å²) in [4.78, 5) is 25.2. The Kier molecular flexibility index (Phi) is 7.17. The molecule has 0 unspecified atom stereocenters. The molecule has 0 aliphatic carbocycles. The number of thiophene rings is 1. The van der Waals surface area contributed by atoms with E-state index in [0.29, 0.717) is 16.3 Å². The van der Waals surface area contributed by atoms with Gasteiger partial charge in [-0.15, -0.1) is 11.3 Å². The Morgan fingerprint density at radius 1 is 0.818 bits per heavy atom. The maximum absolute atomic E-state index is 12.6. The lowest BCUT2D eigenvalue weighted by Gasteiger charge is -2.10. The van der Waals surface area contributed by atoms with E-state index in [0.717, 1.165) is 22.3 Å². The topological polar surface area (TPSA) is 64.6 Å². The Morgan fingerprint density at radius 3 is 2.06 bits per heavy atom. The van der Waals surface area contributed by atoms with Crippen molar-refractivity contribution in [3.8, 4) is 28.0 Å². The molecule has 33 heavy (non-hydrogen) atoms. The fourth-order valence-corrected chi connectivity index (χ4v) is 4.35. The molecule has 3 aromatic carbocycles. The average Bonchev–Trinajstić information content (AvgIpc) is 3.28. The lowest BCUT2D eigenvalue weighted by molar-refractivity contribution is -0.118. The Hall–Kier alpha value is -3.90. The third-order valence-corrected chi connectivity index (χ3v) is 5.84. The molecule has 0 bridgehead atoms. The SMILES string of the molecule is CCOC(=O)c1c(-c2ccccc2)csc1NC(=O)COc1ccc(-c2ccccc2)cc1. The number of anilines is 1. The lowest BCUT2D eigenvalue weighted by Crippen LogP contribution is -2.21. The maximum Gasteiger partial charge on any atom is 0.341 e. The van der Waals surface area contributed by atoms with E-state index in [1.165, 1.54) is 11.3 Å². The van der Waals surface area contributed by atoms with Gasteiger partial charge in [0.25, 0.3) is 5.91 Å². The summed E-state index contributed by atoms with van der Waals surface area (Å²) < 4.78 is 10.9. The van der Waals surface area contributed by atoms with E-state index in [2.05, 4.69) is 5.32 Å². The minimum absolute atomic E-state index is 0.175. The summed E-state index contributed by atoms with van der Waals surface area (Å²) in [7, 11) is 0. The van der Waals surface area contributed by atoms with Crippen molar-refractivity contribution in [3.63, 3.8) is 0 Å². The van der Waals surface area contributed by atoms with Crippen molar-refractivity contribution in [2.45, 2.75) is 6.92 Å². The normalized spacial score (nSPS) is 10.5. The third-order valence-electron chi connectivity index (χ3n) is 4.94. The second-order valence-corrected chi connectivity index (χ2v) is 8.05. The standard InChI is InChI=1S/C27H23NO4S/c1-2-31-27(30)25-23(21-11-7-4-8-12-21)18-33-26(25)28-24(29)17-32-22-15-13-20(14-16-22)19-9-5-3-6-10-19/h3-16,18H,2,17H2,1H3,(H,28,29). The van der Waals surface area contributed by atoms with E-state index in [1.54, 1.807) is 6.92 Å². The minimum Gasteiger partial charge on any atom is -0.484 e. The summed E-state index contributed by atoms with van der Waals surface area (Å²) in [6.07, 6.45) is 0. The molecule has 4 aromatic rings. The first-order valence-electron chi connectivity index (χ1n) is 10.6. The quantitative estimate of drug-likeness (QED) is 0.317. The zero-order chi connectivity index (χ0) is 23.0. The number of benzene rings is 3. The molecular weight excluding hydrogens is 434 g/mol. The highest BCUT2D eigenvalue weighted by Gasteiger charge is 2.22. The van der Waals surface area contributed by atoms with Crippen molar-refractivity contribution in [2.24, 2.45) is 0 Å². The molecule has 1 N–H and O–H groups in total. The van der Waals surface area contributed by atoms with Crippen LogP contribution < -0.4 is 10.1 Å². The molecule has 6 heteroatoms. The van der Waals surface area contributed by atoms with Crippen LogP contribution in [0, 0.1) is 0 Å². The van der Waals surface area contributed by atoms with Crippen molar-refractivity contribution in [1.29, 1.82) is 0 Å². The van der Waals surface area contributed by atoms with E-state index < -0.39 is 5.97 Å². The van der Waals surface area contributed by atoms with Crippen LogP contribution >= 0.6 is 11.3 Å². The van der Waals surface area contributed by atoms with Gasteiger partial charge in [-0.05, 0) is 35.7 Å². The van der Waals surface area contributed by atoms with Crippen molar-refractivity contribution in [3.05, 3.63) is 95.9 Å². The average molecular weight is 458 g/mol. The van der Waals surface area contributed by atoms with Gasteiger partial charge in [0, 0.05) is 10.9 Å². The Labute approximate surface area is 196 Å². The van der Waals surface area contributed by atoms with Gasteiger partial charge in [-0.3, -0.25) is 4.79 Å². The minimum atomic E-state index is -0.467. The van der Waals surface area contributed by atoms with Crippen molar-refractivity contribution in [1.82, 2.24) is 0 Å². The van der Waals surface area contributed by atoms with Gasteiger partial charge in [0.2, 0.25) is 0 Å². The van der Waals surface area contributed by atoms with Gasteiger partial charge in [-0.1, -0.05) is 72.8 Å². The highest BCUT2D eigenvalue weighted by atomic mass is 32.1. The Morgan fingerprint density at radius 2 is 1.42 bits per heavy atom. The second kappa shape index (κ2) is 10.6. The van der Waals surface area contributed by atoms with E-state index >= 15 is 0 Å². The van der Waals surface area contributed by atoms with Crippen molar-refractivity contribution in [2.75, 3.05) is 18.5 Å². The van der Waals surface area contributed by atoms with Gasteiger partial charge in [0.15, 0.2) is 6.61 Å². The van der Waals surface area contributed by atoms with Crippen LogP contribution in [-0.2, 0) is 9.53 Å². The first-order chi connectivity index (χ1) is 16.2. The van der Waals surface area contributed by atoms with E-state index in [4.69, 9.17) is 9.47 Å². The molecule has 0 aliphatic rings. The van der Waals surface area contributed by atoms with Crippen molar-refractivity contribution < 1.29 is 19.1 Å². The van der Waals surface area contributed by atoms with Crippen LogP contribution in [0.15, 0.2) is 90.3 Å². The fraction of sp³-hybridized carbons (Fsp3) is 0.111. The number of amides is 1. The molecule has 1 amide bonds. The summed E-state index contributed by atoms with van der Waals surface area (Å²) in [6, 6.07) is 27.1. The molecule has 0 saturated heterocycles. The number of hydrogen-bond donors (Lipinski definition) is 1. The summed E-state index contributed by atoms with van der Waals surface area (Å²) in [5, 5.41) is 5.09. The molecule has 0 atom stereocenters. The molecular formula is C27H23NO4S. The van der Waals surface area contributed by atoms with Crippen LogP contribution in [0.3, 0.4) is 0 Å². The van der Waals surface area contributed by atoms with Gasteiger partial charge in [0.05, 0.1) is 6.61 Å². The van der Waals surface area contributed by atoms with Gasteiger partial charge in [-0.2, -0.15) is 0 Å². The zero-order valence-corrected chi connectivity index (χ0v) is 18.9. The zero-order valence-electron chi connectivity index (χ0n) is 18.1. The highest BCUT2D eigenvalue weighted by molar-refractivity contribution is 7.15. The third kappa shape index (κ3) is 5.48. The predicted octanol–water partition coefficient (Wildman–Crippen LogP) is 6.28.